The number of halogens is 2. The molecule has 2 nitrogen and oxygen atoms in total. The molecule has 1 aromatic carbocycles. The Morgan fingerprint density at radius 1 is 1.50 bits per heavy atom. The van der Waals surface area contributed by atoms with Gasteiger partial charge in [-0.1, -0.05) is 11.6 Å². The number of hydrogen-bond acceptors (Lipinski definition) is 2. The highest BCUT2D eigenvalue weighted by Gasteiger charge is 2.49. The van der Waals surface area contributed by atoms with Crippen molar-refractivity contribution in [2.45, 2.75) is 18.3 Å². The molecule has 1 aromatic rings. The van der Waals surface area contributed by atoms with Gasteiger partial charge in [-0.05, 0) is 25.0 Å². The van der Waals surface area contributed by atoms with Crippen molar-refractivity contribution >= 4 is 11.6 Å². The van der Waals surface area contributed by atoms with E-state index in [1.54, 1.807) is 0 Å². The topological polar surface area (TPSA) is 44.0 Å². The lowest BCUT2D eigenvalue weighted by Crippen LogP contribution is -2.06. The second-order valence-corrected chi connectivity index (χ2v) is 3.86. The van der Waals surface area contributed by atoms with Crippen molar-refractivity contribution in [1.29, 1.82) is 5.26 Å². The number of phenols is 1. The summed E-state index contributed by atoms with van der Waals surface area (Å²) in [4.78, 5) is 0. The monoisotopic (exact) mass is 211 g/mol. The van der Waals surface area contributed by atoms with Crippen LogP contribution in [-0.2, 0) is 5.41 Å². The molecule has 0 bridgehead atoms. The molecule has 14 heavy (non-hydrogen) atoms. The lowest BCUT2D eigenvalue weighted by atomic mass is 9.96. The Morgan fingerprint density at radius 2 is 2.14 bits per heavy atom. The highest BCUT2D eigenvalue weighted by Crippen LogP contribution is 2.52. The lowest BCUT2D eigenvalue weighted by molar-refractivity contribution is 0.454. The van der Waals surface area contributed by atoms with Crippen molar-refractivity contribution < 1.29 is 9.50 Å². The number of nitriles is 1. The van der Waals surface area contributed by atoms with Crippen LogP contribution >= 0.6 is 11.6 Å². The molecule has 72 valence electrons. The van der Waals surface area contributed by atoms with E-state index < -0.39 is 11.2 Å². The summed E-state index contributed by atoms with van der Waals surface area (Å²) >= 11 is 5.58. The molecule has 1 aliphatic carbocycles. The maximum Gasteiger partial charge on any atom is 0.150 e. The molecule has 0 heterocycles. The zero-order chi connectivity index (χ0) is 10.3. The SMILES string of the molecule is N#CC1(c2c(O)ccc(Cl)c2F)CC1. The minimum absolute atomic E-state index is 0.0486. The Balaban J connectivity index is 2.64. The lowest BCUT2D eigenvalue weighted by Gasteiger charge is -2.10. The highest BCUT2D eigenvalue weighted by atomic mass is 35.5. The first kappa shape index (κ1) is 9.29. The number of benzene rings is 1. The molecule has 1 N–H and O–H groups in total. The summed E-state index contributed by atoms with van der Waals surface area (Å²) in [6.07, 6.45) is 1.16. The van der Waals surface area contributed by atoms with Crippen LogP contribution in [-0.4, -0.2) is 5.11 Å². The van der Waals surface area contributed by atoms with E-state index in [0.717, 1.165) is 0 Å². The van der Waals surface area contributed by atoms with Crippen molar-refractivity contribution in [1.82, 2.24) is 0 Å². The molecule has 0 unspecified atom stereocenters. The van der Waals surface area contributed by atoms with Crippen molar-refractivity contribution in [3.8, 4) is 11.8 Å². The standard InChI is InChI=1S/C10H7ClFNO/c11-6-1-2-7(14)8(9(6)12)10(5-13)3-4-10/h1-2,14H,3-4H2. The van der Waals surface area contributed by atoms with Crippen LogP contribution in [0.15, 0.2) is 12.1 Å². The fraction of sp³-hybridized carbons (Fsp3) is 0.300. The van der Waals surface area contributed by atoms with E-state index >= 15 is 0 Å². The van der Waals surface area contributed by atoms with Crippen LogP contribution < -0.4 is 0 Å². The molecule has 2 rings (SSSR count). The maximum atomic E-state index is 13.5. The predicted octanol–water partition coefficient (Wildman–Crippen LogP) is 2.74. The Hall–Kier alpha value is -1.27. The van der Waals surface area contributed by atoms with E-state index in [4.69, 9.17) is 16.9 Å². The third kappa shape index (κ3) is 1.15. The molecule has 0 spiro atoms. The van der Waals surface area contributed by atoms with E-state index in [2.05, 4.69) is 0 Å². The van der Waals surface area contributed by atoms with Gasteiger partial charge in [0.2, 0.25) is 0 Å². The first-order chi connectivity index (χ1) is 6.60. The van der Waals surface area contributed by atoms with Crippen LogP contribution in [0.3, 0.4) is 0 Å². The third-order valence-corrected chi connectivity index (χ3v) is 2.81. The van der Waals surface area contributed by atoms with E-state index in [1.807, 2.05) is 6.07 Å². The summed E-state index contributed by atoms with van der Waals surface area (Å²) in [6, 6.07) is 4.62. The molecule has 0 aliphatic heterocycles. The van der Waals surface area contributed by atoms with Crippen molar-refractivity contribution in [2.75, 3.05) is 0 Å². The summed E-state index contributed by atoms with van der Waals surface area (Å²) < 4.78 is 13.5. The van der Waals surface area contributed by atoms with Gasteiger partial charge in [0.25, 0.3) is 0 Å². The molecule has 0 radical (unpaired) electrons. The fourth-order valence-corrected chi connectivity index (χ4v) is 1.70. The smallest absolute Gasteiger partial charge is 0.150 e. The molecule has 1 fully saturated rings. The molecule has 1 aliphatic rings. The number of hydrogen-bond donors (Lipinski definition) is 1. The molecule has 0 aromatic heterocycles. The van der Waals surface area contributed by atoms with Crippen LogP contribution in [0, 0.1) is 17.1 Å². The minimum Gasteiger partial charge on any atom is -0.508 e. The average molecular weight is 212 g/mol. The van der Waals surface area contributed by atoms with Crippen molar-refractivity contribution in [3.05, 3.63) is 28.5 Å². The number of rotatable bonds is 1. The molecule has 0 amide bonds. The van der Waals surface area contributed by atoms with Gasteiger partial charge in [-0.3, -0.25) is 0 Å². The van der Waals surface area contributed by atoms with Crippen LogP contribution in [0.25, 0.3) is 0 Å². The summed E-state index contributed by atoms with van der Waals surface area (Å²) in [5.74, 6) is -0.864. The average Bonchev–Trinajstić information content (AvgIpc) is 2.93. The predicted molar refractivity (Wildman–Crippen MR) is 49.6 cm³/mol. The van der Waals surface area contributed by atoms with E-state index in [9.17, 15) is 9.50 Å². The van der Waals surface area contributed by atoms with Crippen molar-refractivity contribution in [3.63, 3.8) is 0 Å². The van der Waals surface area contributed by atoms with Gasteiger partial charge in [0, 0.05) is 0 Å². The zero-order valence-electron chi connectivity index (χ0n) is 7.22. The second kappa shape index (κ2) is 2.86. The van der Waals surface area contributed by atoms with Gasteiger partial charge in [0.1, 0.15) is 11.6 Å². The van der Waals surface area contributed by atoms with Gasteiger partial charge >= 0.3 is 0 Å². The Morgan fingerprint density at radius 3 is 2.64 bits per heavy atom. The summed E-state index contributed by atoms with van der Waals surface area (Å²) in [7, 11) is 0. The van der Waals surface area contributed by atoms with E-state index in [-0.39, 0.29) is 16.3 Å². The largest absolute Gasteiger partial charge is 0.508 e. The van der Waals surface area contributed by atoms with Crippen LogP contribution in [0.5, 0.6) is 5.75 Å². The van der Waals surface area contributed by atoms with E-state index in [0.29, 0.717) is 12.8 Å². The summed E-state index contributed by atoms with van der Waals surface area (Å²) in [5, 5.41) is 18.3. The van der Waals surface area contributed by atoms with Crippen molar-refractivity contribution in [2.24, 2.45) is 0 Å². The van der Waals surface area contributed by atoms with Gasteiger partial charge < -0.3 is 5.11 Å². The Labute approximate surface area is 85.5 Å². The number of phenolic OH excluding ortho intramolecular Hbond substituents is 1. The minimum atomic E-state index is -0.848. The molecule has 4 heteroatoms. The normalized spacial score (nSPS) is 17.5. The van der Waals surface area contributed by atoms with E-state index in [1.165, 1.54) is 12.1 Å². The van der Waals surface area contributed by atoms with Crippen LogP contribution in [0.4, 0.5) is 4.39 Å². The second-order valence-electron chi connectivity index (χ2n) is 3.45. The first-order valence-electron chi connectivity index (χ1n) is 4.19. The maximum absolute atomic E-state index is 13.5. The quantitative estimate of drug-likeness (QED) is 0.776. The first-order valence-corrected chi connectivity index (χ1v) is 4.57. The molecule has 0 saturated heterocycles. The molecule has 0 atom stereocenters. The van der Waals surface area contributed by atoms with Gasteiger partial charge in [-0.25, -0.2) is 4.39 Å². The van der Waals surface area contributed by atoms with Gasteiger partial charge in [0.15, 0.2) is 0 Å². The number of aromatic hydroxyl groups is 1. The third-order valence-electron chi connectivity index (χ3n) is 2.52. The van der Waals surface area contributed by atoms with Crippen LogP contribution in [0.1, 0.15) is 18.4 Å². The summed E-state index contributed by atoms with van der Waals surface area (Å²) in [5.41, 5.74) is -0.800. The van der Waals surface area contributed by atoms with Gasteiger partial charge in [0.05, 0.1) is 22.1 Å². The van der Waals surface area contributed by atoms with Crippen LogP contribution in [0.2, 0.25) is 5.02 Å². The zero-order valence-corrected chi connectivity index (χ0v) is 7.98. The Bertz CT molecular complexity index is 434. The molecular formula is C10H7ClFNO. The van der Waals surface area contributed by atoms with Gasteiger partial charge in [-0.2, -0.15) is 5.26 Å². The molecular weight excluding hydrogens is 205 g/mol. The highest BCUT2D eigenvalue weighted by molar-refractivity contribution is 6.30. The Kier molecular flexibility index (Phi) is 1.90. The number of nitrogens with zero attached hydrogens (tertiary/aromatic N) is 1. The van der Waals surface area contributed by atoms with Gasteiger partial charge in [-0.15, -0.1) is 0 Å². The fourth-order valence-electron chi connectivity index (χ4n) is 1.54. The summed E-state index contributed by atoms with van der Waals surface area (Å²) in [6.45, 7) is 0. The molecule has 1 saturated carbocycles.